The Morgan fingerprint density at radius 2 is 0.903 bits per heavy atom. The van der Waals surface area contributed by atoms with Crippen LogP contribution in [-0.4, -0.2) is 8.80 Å². The van der Waals surface area contributed by atoms with Gasteiger partial charge in [0.1, 0.15) is 0 Å². The van der Waals surface area contributed by atoms with Gasteiger partial charge in [0.05, 0.1) is 0 Å². The predicted octanol–water partition coefficient (Wildman–Crippen LogP) is 25.5. The summed E-state index contributed by atoms with van der Waals surface area (Å²) in [7, 11) is 0. The molecule has 484 valence electrons. The lowest BCUT2D eigenvalue weighted by Crippen LogP contribution is -2.11. The summed E-state index contributed by atoms with van der Waals surface area (Å²) < 4.78 is 4.30. The van der Waals surface area contributed by atoms with Gasteiger partial charge in [0.2, 0.25) is 0 Å². The number of nitrogens with zero attached hydrogens (tertiary/aromatic N) is 2. The molecule has 1 atom stereocenters. The second-order valence-corrected chi connectivity index (χ2v) is 33.0. The molecule has 14 rings (SSSR count). The zero-order chi connectivity index (χ0) is 67.7. The maximum atomic E-state index is 3.32. The number of hydrogen-bond acceptors (Lipinski definition) is 0. The number of pyridine rings is 2. The number of rotatable bonds is 0. The summed E-state index contributed by atoms with van der Waals surface area (Å²) in [5, 5.41) is 5.36. The molecule has 0 amide bonds. The maximum Gasteiger partial charge on any atom is 0.0452 e. The van der Waals surface area contributed by atoms with E-state index in [9.17, 15) is 0 Å². The molecule has 0 saturated carbocycles. The number of benzene rings is 6. The highest BCUT2D eigenvalue weighted by atomic mass is 14.9. The van der Waals surface area contributed by atoms with Gasteiger partial charge in [0.15, 0.2) is 0 Å². The average Bonchev–Trinajstić information content (AvgIpc) is 1.86. The Morgan fingerprint density at radius 3 is 1.56 bits per heavy atom. The molecular formula is C91H110N2. The van der Waals surface area contributed by atoms with Crippen molar-refractivity contribution in [1.82, 2.24) is 8.80 Å². The van der Waals surface area contributed by atoms with Gasteiger partial charge < -0.3 is 8.80 Å². The van der Waals surface area contributed by atoms with E-state index >= 15 is 0 Å². The molecule has 10 aromatic rings. The van der Waals surface area contributed by atoms with Crippen molar-refractivity contribution in [3.8, 4) is 0 Å². The van der Waals surface area contributed by atoms with Crippen molar-refractivity contribution < 1.29 is 0 Å². The van der Waals surface area contributed by atoms with Crippen molar-refractivity contribution in [1.29, 1.82) is 0 Å². The molecule has 4 heterocycles. The topological polar surface area (TPSA) is 8.82 Å². The van der Waals surface area contributed by atoms with E-state index in [1.54, 1.807) is 0 Å². The number of allylic oxidation sites excluding steroid dienone is 7. The maximum absolute atomic E-state index is 3.32. The van der Waals surface area contributed by atoms with Crippen LogP contribution >= 0.6 is 0 Å². The molecule has 0 radical (unpaired) electrons. The van der Waals surface area contributed by atoms with Gasteiger partial charge in [-0.2, -0.15) is 0 Å². The van der Waals surface area contributed by atoms with Crippen LogP contribution in [0.1, 0.15) is 207 Å². The second kappa shape index (κ2) is 29.0. The van der Waals surface area contributed by atoms with Crippen LogP contribution in [0.15, 0.2) is 248 Å². The third-order valence-corrected chi connectivity index (χ3v) is 18.0. The number of fused-ring (bicyclic) bond motifs is 7. The Kier molecular flexibility index (Phi) is 22.1. The highest BCUT2D eigenvalue weighted by Crippen LogP contribution is 2.37. The summed E-state index contributed by atoms with van der Waals surface area (Å²) in [4.78, 5) is 0. The van der Waals surface area contributed by atoms with Crippen molar-refractivity contribution in [2.75, 3.05) is 0 Å². The highest BCUT2D eigenvalue weighted by molar-refractivity contribution is 5.86. The number of hydrogen-bond donors (Lipinski definition) is 0. The Labute approximate surface area is 562 Å². The van der Waals surface area contributed by atoms with Gasteiger partial charge in [-0.15, -0.1) is 5.73 Å². The monoisotopic (exact) mass is 1230 g/mol. The first kappa shape index (κ1) is 70.7. The Hall–Kier alpha value is -8.16. The molecule has 0 bridgehead atoms. The summed E-state index contributed by atoms with van der Waals surface area (Å²) in [6, 6.07) is 61.2. The van der Waals surface area contributed by atoms with Crippen LogP contribution in [0, 0.1) is 11.3 Å². The lowest BCUT2D eigenvalue weighted by Gasteiger charge is -2.24. The third-order valence-electron chi connectivity index (χ3n) is 18.0. The van der Waals surface area contributed by atoms with Crippen LogP contribution in [-0.2, 0) is 45.3 Å². The van der Waals surface area contributed by atoms with E-state index in [1.807, 2.05) is 0 Å². The fourth-order valence-electron chi connectivity index (χ4n) is 11.7. The van der Waals surface area contributed by atoms with E-state index in [4.69, 9.17) is 0 Å². The molecule has 0 N–H and O–H groups in total. The van der Waals surface area contributed by atoms with Gasteiger partial charge in [-0.3, -0.25) is 0 Å². The van der Waals surface area contributed by atoms with Crippen LogP contribution in [0.25, 0.3) is 44.7 Å². The minimum absolute atomic E-state index is 0.223. The third kappa shape index (κ3) is 19.5. The first-order chi connectivity index (χ1) is 43.5. The van der Waals surface area contributed by atoms with Crippen molar-refractivity contribution >= 4 is 44.7 Å². The summed E-state index contributed by atoms with van der Waals surface area (Å²) in [5.41, 5.74) is 24.6. The zero-order valence-electron chi connectivity index (χ0n) is 60.7. The molecule has 93 heavy (non-hydrogen) atoms. The van der Waals surface area contributed by atoms with Crippen LogP contribution < -0.4 is 0 Å². The van der Waals surface area contributed by atoms with Crippen molar-refractivity contribution in [3.63, 3.8) is 0 Å². The van der Waals surface area contributed by atoms with Crippen molar-refractivity contribution in [2.45, 2.75) is 197 Å². The summed E-state index contributed by atoms with van der Waals surface area (Å²) in [5.74, 6) is 0.617. The summed E-state index contributed by atoms with van der Waals surface area (Å²) in [6.07, 6.45) is 29.8. The first-order valence-electron chi connectivity index (χ1n) is 34.1. The summed E-state index contributed by atoms with van der Waals surface area (Å²) in [6.45, 7) is 47.2. The fourth-order valence-corrected chi connectivity index (χ4v) is 11.7. The molecular weight excluding hydrogens is 1120 g/mol. The largest absolute Gasteiger partial charge is 0.324 e. The minimum Gasteiger partial charge on any atom is -0.324 e. The molecule has 1 unspecified atom stereocenters. The van der Waals surface area contributed by atoms with Crippen LogP contribution in [0.2, 0.25) is 0 Å². The SMILES string of the molecule is CC(C)(C)C1=CC2=C=CCC2C=C1.CC(C)(C)c1ccc2c(c1)C=CC2.CC(C)(C)c1ccc2c(c1)CC=C2.CC(C)(C)c1ccc2ccccc2c1.CC(C)(C)c1ccc2cccn2c1.CC(C)(C)c1cccc2ccccc12.CC(C)(C)c1ccn2cccc2c1. The molecule has 0 aliphatic heterocycles. The second-order valence-electron chi connectivity index (χ2n) is 33.0. The Balaban J connectivity index is 0.000000139. The van der Waals surface area contributed by atoms with Gasteiger partial charge in [0.25, 0.3) is 0 Å². The van der Waals surface area contributed by atoms with Gasteiger partial charge in [0, 0.05) is 47.3 Å². The zero-order valence-corrected chi connectivity index (χ0v) is 60.7. The van der Waals surface area contributed by atoms with E-state index in [0.29, 0.717) is 5.92 Å². The van der Waals surface area contributed by atoms with E-state index < -0.39 is 0 Å². The van der Waals surface area contributed by atoms with Crippen molar-refractivity contribution in [3.05, 3.63) is 304 Å². The van der Waals surface area contributed by atoms with Crippen LogP contribution in [0.3, 0.4) is 0 Å². The molecule has 2 nitrogen and oxygen atoms in total. The fraction of sp³-hybridized carbons (Fsp3) is 0.352. The van der Waals surface area contributed by atoms with Gasteiger partial charge in [-0.05, 0) is 195 Å². The molecule has 0 saturated heterocycles. The molecule has 6 aromatic carbocycles. The van der Waals surface area contributed by atoms with Gasteiger partial charge >= 0.3 is 0 Å². The van der Waals surface area contributed by atoms with E-state index in [-0.39, 0.29) is 37.9 Å². The van der Waals surface area contributed by atoms with E-state index in [0.717, 1.165) is 19.3 Å². The Morgan fingerprint density at radius 1 is 0.366 bits per heavy atom. The smallest absolute Gasteiger partial charge is 0.0452 e. The summed E-state index contributed by atoms with van der Waals surface area (Å²) >= 11 is 0. The normalized spacial score (nSPS) is 14.7. The molecule has 4 aliphatic rings. The van der Waals surface area contributed by atoms with Gasteiger partial charge in [-0.25, -0.2) is 0 Å². The molecule has 4 aliphatic carbocycles. The van der Waals surface area contributed by atoms with E-state index in [1.165, 1.54) is 99.4 Å². The quantitative estimate of drug-likeness (QED) is 0.134. The van der Waals surface area contributed by atoms with E-state index in [2.05, 4.69) is 403 Å². The molecule has 0 fully saturated rings. The average molecular weight is 1230 g/mol. The van der Waals surface area contributed by atoms with Crippen LogP contribution in [0.5, 0.6) is 0 Å². The lowest BCUT2D eigenvalue weighted by molar-refractivity contribution is 0.513. The minimum atomic E-state index is 0.223. The molecule has 4 aromatic heterocycles. The van der Waals surface area contributed by atoms with Crippen LogP contribution in [0.4, 0.5) is 0 Å². The Bertz CT molecular complexity index is 4260. The number of aromatic nitrogens is 2. The van der Waals surface area contributed by atoms with Gasteiger partial charge in [-0.1, -0.05) is 309 Å². The predicted molar refractivity (Wildman–Crippen MR) is 410 cm³/mol. The highest BCUT2D eigenvalue weighted by Gasteiger charge is 2.23. The molecule has 0 spiro atoms. The molecule has 2 heteroatoms. The first-order valence-corrected chi connectivity index (χ1v) is 34.1. The lowest BCUT2D eigenvalue weighted by atomic mass is 9.80. The standard InChI is InChI=1S/2C14H16.3C13H16.2C12H15N/c1-14(2,3)13-10-6-8-11-7-4-5-9-12(11)13;1-14(2,3)13-9-8-11-6-4-5-7-12(11)10-13;3*1-13(2,3)12-8-7-10-5-4-6-11(10)9-12;1-12(2,3)10-6-7-11-5-4-8-13(11)9-10;1-12(2,3)10-6-8-13-7-4-5-11(13)9-10/h2*4-10H,1-3H3;4,7-10H,5H2,1-3H3;4,6-9H,5H2,1-3H3;4-5,7-9H,6H2,1-3H3;2*4-9H,1-3H3. The van der Waals surface area contributed by atoms with Crippen molar-refractivity contribution in [2.24, 2.45) is 11.3 Å².